The van der Waals surface area contributed by atoms with Crippen LogP contribution in [0.5, 0.6) is 0 Å². The summed E-state index contributed by atoms with van der Waals surface area (Å²) in [5, 5.41) is 0. The molecule has 1 saturated carbocycles. The van der Waals surface area contributed by atoms with Crippen LogP contribution >= 0.6 is 0 Å². The van der Waals surface area contributed by atoms with Gasteiger partial charge in [-0.15, -0.1) is 0 Å². The zero-order valence-electron chi connectivity index (χ0n) is 11.2. The van der Waals surface area contributed by atoms with Gasteiger partial charge in [0.25, 0.3) is 0 Å². The van der Waals surface area contributed by atoms with Gasteiger partial charge in [-0.2, -0.15) is 0 Å². The van der Waals surface area contributed by atoms with Crippen molar-refractivity contribution in [1.29, 1.82) is 0 Å². The first-order valence-corrected chi connectivity index (χ1v) is 8.73. The van der Waals surface area contributed by atoms with Crippen LogP contribution in [0.15, 0.2) is 30.3 Å². The van der Waals surface area contributed by atoms with Crippen LogP contribution < -0.4 is 4.46 Å². The monoisotopic (exact) mass is 296 g/mol. The molecule has 0 saturated heterocycles. The minimum absolute atomic E-state index is 0.672. The van der Waals surface area contributed by atoms with Crippen LogP contribution in [-0.2, 0) is 0 Å². The van der Waals surface area contributed by atoms with Crippen LogP contribution in [0.25, 0.3) is 0 Å². The Balaban J connectivity index is 2.05. The van der Waals surface area contributed by atoms with Gasteiger partial charge < -0.3 is 0 Å². The van der Waals surface area contributed by atoms with Gasteiger partial charge in [-0.05, 0) is 0 Å². The molecule has 0 bridgehead atoms. The van der Waals surface area contributed by atoms with E-state index >= 15 is 0 Å². The fraction of sp³-hybridized carbons (Fsp3) is 0.625. The molecule has 2 rings (SSSR count). The summed E-state index contributed by atoms with van der Waals surface area (Å²) in [5.74, 6) is 2.77. The van der Waals surface area contributed by atoms with Crippen LogP contribution in [0.4, 0.5) is 0 Å². The first kappa shape index (κ1) is 13.2. The molecule has 1 fully saturated rings. The average Bonchev–Trinajstić information content (AvgIpc) is 2.30. The average molecular weight is 295 g/mol. The number of hydrogen-bond acceptors (Lipinski definition) is 0. The van der Waals surface area contributed by atoms with Crippen LogP contribution in [0.3, 0.4) is 0 Å². The molecule has 0 heterocycles. The maximum absolute atomic E-state index is 2.44. The van der Waals surface area contributed by atoms with Crippen molar-refractivity contribution in [1.82, 2.24) is 0 Å². The maximum atomic E-state index is 2.44. The molecule has 0 N–H and O–H groups in total. The van der Waals surface area contributed by atoms with Crippen LogP contribution in [0.2, 0.25) is 4.82 Å². The molecule has 0 radical (unpaired) electrons. The van der Waals surface area contributed by atoms with Crippen LogP contribution in [0, 0.1) is 17.8 Å². The van der Waals surface area contributed by atoms with E-state index in [4.69, 9.17) is 0 Å². The van der Waals surface area contributed by atoms with Gasteiger partial charge in [0.2, 0.25) is 0 Å². The summed E-state index contributed by atoms with van der Waals surface area (Å²) in [6.45, 7) is 7.26. The van der Waals surface area contributed by atoms with Crippen LogP contribution in [0.1, 0.15) is 40.0 Å². The Labute approximate surface area is 112 Å². The van der Waals surface area contributed by atoms with E-state index in [0.29, 0.717) is 15.0 Å². The SMILES string of the molecule is CC(C)[C@@H]1CC[C@@H](C)C[C@H]1[Se]c1ccccc1. The molecular weight excluding hydrogens is 271 g/mol. The first-order valence-electron chi connectivity index (χ1n) is 6.88. The van der Waals surface area contributed by atoms with Crippen molar-refractivity contribution < 1.29 is 0 Å². The minimum atomic E-state index is 0.672. The van der Waals surface area contributed by atoms with Gasteiger partial charge in [-0.3, -0.25) is 0 Å². The molecule has 0 amide bonds. The predicted molar refractivity (Wildman–Crippen MR) is 76.9 cm³/mol. The molecule has 1 aromatic carbocycles. The second-order valence-corrected chi connectivity index (χ2v) is 8.55. The molecular formula is C16H24Se. The van der Waals surface area contributed by atoms with Gasteiger partial charge in [0.05, 0.1) is 0 Å². The molecule has 0 aliphatic heterocycles. The molecule has 0 unspecified atom stereocenters. The van der Waals surface area contributed by atoms with E-state index in [-0.39, 0.29) is 0 Å². The fourth-order valence-electron chi connectivity index (χ4n) is 2.92. The van der Waals surface area contributed by atoms with Crippen LogP contribution in [-0.4, -0.2) is 15.0 Å². The topological polar surface area (TPSA) is 0 Å². The molecule has 1 aliphatic rings. The summed E-state index contributed by atoms with van der Waals surface area (Å²) in [5.41, 5.74) is 0. The van der Waals surface area contributed by atoms with Gasteiger partial charge in [0.1, 0.15) is 0 Å². The molecule has 0 nitrogen and oxygen atoms in total. The number of hydrogen-bond donors (Lipinski definition) is 0. The third-order valence-corrected chi connectivity index (χ3v) is 6.91. The Kier molecular flexibility index (Phi) is 4.70. The van der Waals surface area contributed by atoms with Gasteiger partial charge in [-0.1, -0.05) is 0 Å². The molecule has 17 heavy (non-hydrogen) atoms. The van der Waals surface area contributed by atoms with E-state index < -0.39 is 0 Å². The molecule has 1 aromatic rings. The second kappa shape index (κ2) is 6.07. The quantitative estimate of drug-likeness (QED) is 0.742. The summed E-state index contributed by atoms with van der Waals surface area (Å²) in [6, 6.07) is 11.1. The summed E-state index contributed by atoms with van der Waals surface area (Å²) < 4.78 is 1.59. The van der Waals surface area contributed by atoms with E-state index in [2.05, 4.69) is 51.1 Å². The van der Waals surface area contributed by atoms with E-state index in [1.165, 1.54) is 19.3 Å². The standard InChI is InChI=1S/C16H24Se/c1-12(2)15-10-9-13(3)11-16(15)17-14-7-5-4-6-8-14/h4-8,12-13,15-16H,9-11H2,1-3H3/t13-,15+,16-/m1/s1. The zero-order valence-corrected chi connectivity index (χ0v) is 12.9. The Hall–Kier alpha value is -0.261. The molecule has 0 aromatic heterocycles. The van der Waals surface area contributed by atoms with E-state index in [0.717, 1.165) is 22.6 Å². The van der Waals surface area contributed by atoms with Crippen molar-refractivity contribution in [3.63, 3.8) is 0 Å². The van der Waals surface area contributed by atoms with E-state index in [9.17, 15) is 0 Å². The third kappa shape index (κ3) is 3.60. The van der Waals surface area contributed by atoms with Crippen molar-refractivity contribution in [2.75, 3.05) is 0 Å². The van der Waals surface area contributed by atoms with Crippen molar-refractivity contribution in [2.45, 2.75) is 44.9 Å². The zero-order chi connectivity index (χ0) is 12.3. The third-order valence-electron chi connectivity index (χ3n) is 3.99. The summed E-state index contributed by atoms with van der Waals surface area (Å²) in [4.78, 5) is 0.966. The van der Waals surface area contributed by atoms with E-state index in [1.54, 1.807) is 4.46 Å². The van der Waals surface area contributed by atoms with Crippen molar-refractivity contribution in [2.24, 2.45) is 17.8 Å². The second-order valence-electron chi connectivity index (χ2n) is 5.80. The number of rotatable bonds is 3. The normalized spacial score (nSPS) is 29.5. The van der Waals surface area contributed by atoms with Gasteiger partial charge in [-0.25, -0.2) is 0 Å². The molecule has 3 atom stereocenters. The van der Waals surface area contributed by atoms with Gasteiger partial charge >= 0.3 is 112 Å². The van der Waals surface area contributed by atoms with Gasteiger partial charge in [0.15, 0.2) is 0 Å². The molecule has 1 aliphatic carbocycles. The predicted octanol–water partition coefficient (Wildman–Crippen LogP) is 3.90. The Morgan fingerprint density at radius 1 is 1.12 bits per heavy atom. The van der Waals surface area contributed by atoms with Crippen molar-refractivity contribution >= 4 is 19.4 Å². The van der Waals surface area contributed by atoms with Crippen molar-refractivity contribution in [3.05, 3.63) is 30.3 Å². The van der Waals surface area contributed by atoms with Crippen molar-refractivity contribution in [3.8, 4) is 0 Å². The summed E-state index contributed by atoms with van der Waals surface area (Å²) in [7, 11) is 0. The van der Waals surface area contributed by atoms with E-state index in [1.807, 2.05) is 0 Å². The Morgan fingerprint density at radius 2 is 1.82 bits per heavy atom. The Morgan fingerprint density at radius 3 is 2.47 bits per heavy atom. The summed E-state index contributed by atoms with van der Waals surface area (Å²) >= 11 is 0.672. The molecule has 1 heteroatoms. The molecule has 94 valence electrons. The van der Waals surface area contributed by atoms with Gasteiger partial charge in [0, 0.05) is 0 Å². The number of benzene rings is 1. The molecule has 0 spiro atoms. The summed E-state index contributed by atoms with van der Waals surface area (Å²) in [6.07, 6.45) is 4.36. The first-order chi connectivity index (χ1) is 8.16. The fourth-order valence-corrected chi connectivity index (χ4v) is 6.52. The Bertz CT molecular complexity index is 331.